The Morgan fingerprint density at radius 3 is 3.11 bits per heavy atom. The molecule has 0 unspecified atom stereocenters. The zero-order valence-electron chi connectivity index (χ0n) is 11.6. The van der Waals surface area contributed by atoms with Crippen LogP contribution in [0.3, 0.4) is 0 Å². The first-order valence-electron chi connectivity index (χ1n) is 6.63. The first-order valence-corrected chi connectivity index (χ1v) is 7.51. The van der Waals surface area contributed by atoms with Crippen molar-refractivity contribution >= 4 is 11.3 Å². The van der Waals surface area contributed by atoms with E-state index in [1.807, 2.05) is 0 Å². The molecular weight excluding hydrogens is 258 g/mol. The summed E-state index contributed by atoms with van der Waals surface area (Å²) in [5.41, 5.74) is 1.04. The van der Waals surface area contributed by atoms with Crippen LogP contribution < -0.4 is 0 Å². The van der Waals surface area contributed by atoms with Crippen LogP contribution in [0.4, 0.5) is 0 Å². The Morgan fingerprint density at radius 2 is 2.37 bits per heavy atom. The molecule has 19 heavy (non-hydrogen) atoms. The van der Waals surface area contributed by atoms with Gasteiger partial charge in [0.2, 0.25) is 0 Å². The predicted octanol–water partition coefficient (Wildman–Crippen LogP) is 2.09. The molecule has 2 heterocycles. The molecule has 2 rings (SSSR count). The van der Waals surface area contributed by atoms with Crippen molar-refractivity contribution in [2.24, 2.45) is 0 Å². The minimum atomic E-state index is -0.0573. The summed E-state index contributed by atoms with van der Waals surface area (Å²) >= 11 is 1.75. The van der Waals surface area contributed by atoms with Gasteiger partial charge in [0, 0.05) is 36.5 Å². The number of hydrogen-bond donors (Lipinski definition) is 1. The summed E-state index contributed by atoms with van der Waals surface area (Å²) in [5.74, 6) is 6.14. The number of nitrogens with zero attached hydrogens (tertiary/aromatic N) is 1. The fourth-order valence-corrected chi connectivity index (χ4v) is 3.11. The molecule has 1 aliphatic heterocycles. The molecule has 0 saturated carbocycles. The van der Waals surface area contributed by atoms with Crippen LogP contribution in [0.25, 0.3) is 0 Å². The number of hydrogen-bond acceptors (Lipinski definition) is 4. The normalized spacial score (nSPS) is 18.9. The molecule has 1 aromatic heterocycles. The van der Waals surface area contributed by atoms with Gasteiger partial charge >= 0.3 is 0 Å². The SMILES string of the molecule is CC1(C)CN(Cc2sccc2C#CCCO)CCO1. The molecule has 0 amide bonds. The number of aliphatic hydroxyl groups excluding tert-OH is 1. The lowest BCUT2D eigenvalue weighted by Crippen LogP contribution is -2.47. The second-order valence-corrected chi connectivity index (χ2v) is 6.35. The molecule has 0 spiro atoms. The molecule has 1 N–H and O–H groups in total. The Morgan fingerprint density at radius 1 is 1.53 bits per heavy atom. The third-order valence-corrected chi connectivity index (χ3v) is 3.98. The summed E-state index contributed by atoms with van der Waals surface area (Å²) in [7, 11) is 0. The summed E-state index contributed by atoms with van der Waals surface area (Å²) in [5, 5.41) is 10.8. The zero-order chi connectivity index (χ0) is 13.7. The zero-order valence-corrected chi connectivity index (χ0v) is 12.4. The topological polar surface area (TPSA) is 32.7 Å². The van der Waals surface area contributed by atoms with E-state index in [0.29, 0.717) is 6.42 Å². The molecule has 4 heteroatoms. The fourth-order valence-electron chi connectivity index (χ4n) is 2.24. The molecule has 1 fully saturated rings. The van der Waals surface area contributed by atoms with Gasteiger partial charge < -0.3 is 9.84 Å². The van der Waals surface area contributed by atoms with Crippen LogP contribution in [0.5, 0.6) is 0 Å². The highest BCUT2D eigenvalue weighted by Crippen LogP contribution is 2.22. The third kappa shape index (κ3) is 4.32. The lowest BCUT2D eigenvalue weighted by molar-refractivity contribution is -0.0880. The Hall–Kier alpha value is -0.860. The van der Waals surface area contributed by atoms with Crippen molar-refractivity contribution in [3.05, 3.63) is 21.9 Å². The maximum Gasteiger partial charge on any atom is 0.0753 e. The van der Waals surface area contributed by atoms with Crippen LogP contribution in [0.2, 0.25) is 0 Å². The maximum atomic E-state index is 8.76. The molecule has 0 atom stereocenters. The van der Waals surface area contributed by atoms with Crippen LogP contribution in [0, 0.1) is 11.8 Å². The number of thiophene rings is 1. The van der Waals surface area contributed by atoms with Gasteiger partial charge in [0.1, 0.15) is 0 Å². The molecule has 104 valence electrons. The molecule has 0 aliphatic carbocycles. The number of morpholine rings is 1. The van der Waals surface area contributed by atoms with Crippen LogP contribution >= 0.6 is 11.3 Å². The highest BCUT2D eigenvalue weighted by atomic mass is 32.1. The van der Waals surface area contributed by atoms with Gasteiger partial charge in [-0.2, -0.15) is 0 Å². The van der Waals surface area contributed by atoms with Gasteiger partial charge in [-0.3, -0.25) is 4.90 Å². The van der Waals surface area contributed by atoms with Crippen molar-refractivity contribution in [2.75, 3.05) is 26.3 Å². The van der Waals surface area contributed by atoms with Gasteiger partial charge in [0.05, 0.1) is 18.8 Å². The maximum absolute atomic E-state index is 8.76. The lowest BCUT2D eigenvalue weighted by atomic mass is 10.1. The van der Waals surface area contributed by atoms with Gasteiger partial charge in [-0.25, -0.2) is 0 Å². The van der Waals surface area contributed by atoms with Gasteiger partial charge in [-0.1, -0.05) is 11.8 Å². The van der Waals surface area contributed by atoms with Gasteiger partial charge in [0.15, 0.2) is 0 Å². The molecular formula is C15H21NO2S. The molecule has 1 aliphatic rings. The van der Waals surface area contributed by atoms with Crippen molar-refractivity contribution in [3.8, 4) is 11.8 Å². The lowest BCUT2D eigenvalue weighted by Gasteiger charge is -2.38. The Bertz CT molecular complexity index is 470. The summed E-state index contributed by atoms with van der Waals surface area (Å²) in [6.07, 6.45) is 0.542. The third-order valence-electron chi connectivity index (χ3n) is 3.08. The van der Waals surface area contributed by atoms with Crippen molar-refractivity contribution in [3.63, 3.8) is 0 Å². The Balaban J connectivity index is 2.00. The van der Waals surface area contributed by atoms with Crippen LogP contribution in [0.1, 0.15) is 30.7 Å². The van der Waals surface area contributed by atoms with Gasteiger partial charge in [-0.05, 0) is 25.3 Å². The second kappa shape index (κ2) is 6.53. The summed E-state index contributed by atoms with van der Waals surface area (Å²) in [6, 6.07) is 2.07. The summed E-state index contributed by atoms with van der Waals surface area (Å²) in [4.78, 5) is 3.73. The molecule has 0 radical (unpaired) electrons. The minimum Gasteiger partial charge on any atom is -0.395 e. The van der Waals surface area contributed by atoms with E-state index in [1.54, 1.807) is 11.3 Å². The van der Waals surface area contributed by atoms with E-state index in [0.717, 1.165) is 31.8 Å². The van der Waals surface area contributed by atoms with E-state index < -0.39 is 0 Å². The Kier molecular flexibility index (Phi) is 5.00. The van der Waals surface area contributed by atoms with E-state index in [1.165, 1.54) is 4.88 Å². The van der Waals surface area contributed by atoms with Crippen LogP contribution in [0.15, 0.2) is 11.4 Å². The minimum absolute atomic E-state index is 0.0573. The van der Waals surface area contributed by atoms with Gasteiger partial charge in [-0.15, -0.1) is 11.3 Å². The molecule has 0 bridgehead atoms. The van der Waals surface area contributed by atoms with Gasteiger partial charge in [0.25, 0.3) is 0 Å². The van der Waals surface area contributed by atoms with E-state index >= 15 is 0 Å². The monoisotopic (exact) mass is 279 g/mol. The average molecular weight is 279 g/mol. The quantitative estimate of drug-likeness (QED) is 0.860. The van der Waals surface area contributed by atoms with Crippen molar-refractivity contribution < 1.29 is 9.84 Å². The number of ether oxygens (including phenoxy) is 1. The largest absolute Gasteiger partial charge is 0.395 e. The van der Waals surface area contributed by atoms with E-state index in [4.69, 9.17) is 9.84 Å². The molecule has 1 aromatic rings. The Labute approximate surface area is 119 Å². The summed E-state index contributed by atoms with van der Waals surface area (Å²) in [6.45, 7) is 8.06. The van der Waals surface area contributed by atoms with Crippen LogP contribution in [-0.2, 0) is 11.3 Å². The van der Waals surface area contributed by atoms with E-state index in [2.05, 4.69) is 42.0 Å². The van der Waals surface area contributed by atoms with E-state index in [9.17, 15) is 0 Å². The highest BCUT2D eigenvalue weighted by molar-refractivity contribution is 7.10. The standard InChI is InChI=1S/C15H21NO2S/c1-15(2)12-16(7-9-18-15)11-14-13(6-10-19-14)5-3-4-8-17/h6,10,17H,4,7-9,11-12H2,1-2H3. The van der Waals surface area contributed by atoms with Crippen molar-refractivity contribution in [2.45, 2.75) is 32.4 Å². The van der Waals surface area contributed by atoms with Crippen LogP contribution in [-0.4, -0.2) is 41.9 Å². The highest BCUT2D eigenvalue weighted by Gasteiger charge is 2.27. The molecule has 3 nitrogen and oxygen atoms in total. The fraction of sp³-hybridized carbons (Fsp3) is 0.600. The number of aliphatic hydroxyl groups is 1. The first-order chi connectivity index (χ1) is 9.11. The van der Waals surface area contributed by atoms with Crippen molar-refractivity contribution in [1.82, 2.24) is 4.90 Å². The number of rotatable bonds is 3. The van der Waals surface area contributed by atoms with E-state index in [-0.39, 0.29) is 12.2 Å². The predicted molar refractivity (Wildman–Crippen MR) is 78.2 cm³/mol. The first kappa shape index (κ1) is 14.5. The molecule has 0 aromatic carbocycles. The second-order valence-electron chi connectivity index (χ2n) is 5.35. The van der Waals surface area contributed by atoms with Crippen molar-refractivity contribution in [1.29, 1.82) is 0 Å². The molecule has 1 saturated heterocycles. The summed E-state index contributed by atoms with van der Waals surface area (Å²) < 4.78 is 5.73. The smallest absolute Gasteiger partial charge is 0.0753 e. The average Bonchev–Trinajstić information content (AvgIpc) is 2.76.